The van der Waals surface area contributed by atoms with E-state index in [0.717, 1.165) is 38.0 Å². The summed E-state index contributed by atoms with van der Waals surface area (Å²) in [5, 5.41) is 13.9. The summed E-state index contributed by atoms with van der Waals surface area (Å²) in [4.78, 5) is 15.0. The van der Waals surface area contributed by atoms with E-state index < -0.39 is 5.97 Å². The van der Waals surface area contributed by atoms with E-state index in [1.165, 1.54) is 11.3 Å². The normalized spacial score (nSPS) is 10.7. The molecule has 3 aromatic rings. The maximum absolute atomic E-state index is 10.6. The van der Waals surface area contributed by atoms with E-state index >= 15 is 0 Å². The van der Waals surface area contributed by atoms with Gasteiger partial charge in [-0.2, -0.15) is 0 Å². The summed E-state index contributed by atoms with van der Waals surface area (Å²) in [5.41, 5.74) is 4.49. The van der Waals surface area contributed by atoms with Crippen LogP contribution in [0.1, 0.15) is 22.4 Å². The molecule has 0 amide bonds. The van der Waals surface area contributed by atoms with Crippen molar-refractivity contribution < 1.29 is 14.6 Å². The zero-order valence-electron chi connectivity index (χ0n) is 14.4. The van der Waals surface area contributed by atoms with Gasteiger partial charge in [0.25, 0.3) is 0 Å². The summed E-state index contributed by atoms with van der Waals surface area (Å²) >= 11 is 7.59. The average molecular weight is 387 g/mol. The molecule has 0 radical (unpaired) electrons. The highest BCUT2D eigenvalue weighted by Gasteiger charge is 2.07. The molecule has 2 aromatic carbocycles. The molecule has 0 aliphatic carbocycles. The molecular formula is C20H17ClNO3S-. The van der Waals surface area contributed by atoms with Crippen molar-refractivity contribution in [3.8, 4) is 16.3 Å². The summed E-state index contributed by atoms with van der Waals surface area (Å²) in [5.74, 6) is -0.331. The number of ether oxygens (including phenoxy) is 1. The monoisotopic (exact) mass is 386 g/mol. The number of nitrogens with zero attached hydrogens (tertiary/aromatic N) is 1. The van der Waals surface area contributed by atoms with Crippen molar-refractivity contribution in [1.82, 2.24) is 4.98 Å². The van der Waals surface area contributed by atoms with E-state index in [0.29, 0.717) is 12.3 Å². The van der Waals surface area contributed by atoms with Gasteiger partial charge in [0.15, 0.2) is 0 Å². The summed E-state index contributed by atoms with van der Waals surface area (Å²) in [7, 11) is 0. The molecule has 26 heavy (non-hydrogen) atoms. The van der Waals surface area contributed by atoms with Crippen LogP contribution in [0.15, 0.2) is 41.8 Å². The maximum Gasteiger partial charge on any atom is 0.123 e. The Morgan fingerprint density at radius 1 is 1.19 bits per heavy atom. The van der Waals surface area contributed by atoms with Crippen LogP contribution in [0.25, 0.3) is 10.6 Å². The van der Waals surface area contributed by atoms with E-state index in [1.807, 2.05) is 50.2 Å². The van der Waals surface area contributed by atoms with Gasteiger partial charge in [0.1, 0.15) is 17.4 Å². The van der Waals surface area contributed by atoms with Crippen molar-refractivity contribution in [3.63, 3.8) is 0 Å². The quantitative estimate of drug-likeness (QED) is 0.643. The first-order valence-electron chi connectivity index (χ1n) is 8.05. The van der Waals surface area contributed by atoms with E-state index in [2.05, 4.69) is 4.98 Å². The Morgan fingerprint density at radius 2 is 1.85 bits per heavy atom. The highest BCUT2D eigenvalue weighted by Crippen LogP contribution is 2.27. The summed E-state index contributed by atoms with van der Waals surface area (Å²) in [6, 6.07) is 11.7. The Kier molecular flexibility index (Phi) is 5.59. The number of benzene rings is 2. The fourth-order valence-corrected chi connectivity index (χ4v) is 3.50. The Bertz CT molecular complexity index is 911. The number of aromatic nitrogens is 1. The number of thiazole rings is 1. The fourth-order valence-electron chi connectivity index (χ4n) is 2.57. The molecular weight excluding hydrogens is 370 g/mol. The highest BCUT2D eigenvalue weighted by atomic mass is 35.5. The van der Waals surface area contributed by atoms with E-state index in [4.69, 9.17) is 16.3 Å². The van der Waals surface area contributed by atoms with Gasteiger partial charge in [-0.05, 0) is 42.7 Å². The van der Waals surface area contributed by atoms with Gasteiger partial charge in [0.2, 0.25) is 0 Å². The first kappa shape index (κ1) is 18.4. The minimum absolute atomic E-state index is 0.164. The molecule has 0 fully saturated rings. The van der Waals surface area contributed by atoms with Crippen LogP contribution in [0.3, 0.4) is 0 Å². The van der Waals surface area contributed by atoms with Crippen LogP contribution in [0.5, 0.6) is 5.75 Å². The molecule has 1 aromatic heterocycles. The molecule has 134 valence electrons. The van der Waals surface area contributed by atoms with E-state index in [1.54, 1.807) is 5.38 Å². The van der Waals surface area contributed by atoms with Gasteiger partial charge >= 0.3 is 0 Å². The lowest BCUT2D eigenvalue weighted by molar-refractivity contribution is -0.304. The van der Waals surface area contributed by atoms with Crippen molar-refractivity contribution >= 4 is 28.9 Å². The smallest absolute Gasteiger partial charge is 0.123 e. The SMILES string of the molecule is Cc1cc(OCc2ccc(-c3nc(CC(=O)[O-])cs3)cc2)cc(C)c1Cl. The van der Waals surface area contributed by atoms with Crippen LogP contribution in [0, 0.1) is 13.8 Å². The van der Waals surface area contributed by atoms with E-state index in [-0.39, 0.29) is 6.42 Å². The van der Waals surface area contributed by atoms with Crippen molar-refractivity contribution in [1.29, 1.82) is 0 Å². The third kappa shape index (κ3) is 4.42. The Morgan fingerprint density at radius 3 is 2.46 bits per heavy atom. The number of carboxylic acid groups (broad SMARTS) is 1. The topological polar surface area (TPSA) is 62.2 Å². The van der Waals surface area contributed by atoms with Crippen LogP contribution >= 0.6 is 22.9 Å². The second-order valence-corrected chi connectivity index (χ2v) is 7.29. The standard InChI is InChI=1S/C20H18ClNO3S/c1-12-7-17(8-13(2)19(12)21)25-10-14-3-5-15(6-4-14)20-22-16(11-26-20)9-18(23)24/h3-8,11H,9-10H2,1-2H3,(H,23,24)/p-1. The molecule has 0 saturated heterocycles. The number of carbonyl (C=O) groups is 1. The lowest BCUT2D eigenvalue weighted by Crippen LogP contribution is -2.24. The molecule has 0 spiro atoms. The molecule has 1 heterocycles. The van der Waals surface area contributed by atoms with E-state index in [9.17, 15) is 9.90 Å². The minimum atomic E-state index is -1.12. The average Bonchev–Trinajstić information content (AvgIpc) is 3.06. The molecule has 0 N–H and O–H groups in total. The van der Waals surface area contributed by atoms with Gasteiger partial charge < -0.3 is 14.6 Å². The molecule has 3 rings (SSSR count). The summed E-state index contributed by atoms with van der Waals surface area (Å²) in [6.45, 7) is 4.37. The lowest BCUT2D eigenvalue weighted by Gasteiger charge is -2.10. The molecule has 0 saturated carbocycles. The van der Waals surface area contributed by atoms with Crippen LogP contribution in [-0.4, -0.2) is 11.0 Å². The second-order valence-electron chi connectivity index (χ2n) is 6.05. The molecule has 0 aliphatic heterocycles. The molecule has 6 heteroatoms. The van der Waals surface area contributed by atoms with Gasteiger partial charge in [0.05, 0.1) is 5.69 Å². The number of carbonyl (C=O) groups excluding carboxylic acids is 1. The van der Waals surface area contributed by atoms with Crippen LogP contribution in [-0.2, 0) is 17.8 Å². The van der Waals surface area contributed by atoms with Crippen LogP contribution in [0.2, 0.25) is 5.02 Å². The highest BCUT2D eigenvalue weighted by molar-refractivity contribution is 7.13. The van der Waals surface area contributed by atoms with Gasteiger partial charge in [-0.15, -0.1) is 11.3 Å². The van der Waals surface area contributed by atoms with Gasteiger partial charge in [-0.25, -0.2) is 4.98 Å². The van der Waals surface area contributed by atoms with Crippen molar-refractivity contribution in [3.05, 3.63) is 69.2 Å². The Balaban J connectivity index is 1.66. The molecule has 0 unspecified atom stereocenters. The molecule has 0 aliphatic rings. The van der Waals surface area contributed by atoms with Gasteiger partial charge in [-0.3, -0.25) is 0 Å². The van der Waals surface area contributed by atoms with Gasteiger partial charge in [0, 0.05) is 28.4 Å². The van der Waals surface area contributed by atoms with Crippen molar-refractivity contribution in [2.45, 2.75) is 26.9 Å². The zero-order chi connectivity index (χ0) is 18.7. The summed E-state index contributed by atoms with van der Waals surface area (Å²) in [6.07, 6.45) is -0.164. The summed E-state index contributed by atoms with van der Waals surface area (Å²) < 4.78 is 5.86. The number of hydrogen-bond donors (Lipinski definition) is 0. The van der Waals surface area contributed by atoms with Crippen molar-refractivity contribution in [2.24, 2.45) is 0 Å². The second kappa shape index (κ2) is 7.89. The predicted octanol–water partition coefficient (Wildman–Crippen LogP) is 3.95. The third-order valence-electron chi connectivity index (χ3n) is 3.89. The maximum atomic E-state index is 10.6. The predicted molar refractivity (Wildman–Crippen MR) is 102 cm³/mol. The lowest BCUT2D eigenvalue weighted by atomic mass is 10.1. The fraction of sp³-hybridized carbons (Fsp3) is 0.200. The number of halogens is 1. The number of rotatable bonds is 6. The first-order chi connectivity index (χ1) is 12.4. The first-order valence-corrected chi connectivity index (χ1v) is 9.31. The third-order valence-corrected chi connectivity index (χ3v) is 5.43. The number of aliphatic carboxylic acids is 1. The minimum Gasteiger partial charge on any atom is -0.550 e. The number of carboxylic acids is 1. The zero-order valence-corrected chi connectivity index (χ0v) is 16.0. The Hall–Kier alpha value is -2.37. The molecule has 0 bridgehead atoms. The largest absolute Gasteiger partial charge is 0.550 e. The van der Waals surface area contributed by atoms with Gasteiger partial charge in [-0.1, -0.05) is 35.9 Å². The van der Waals surface area contributed by atoms with Crippen LogP contribution in [0.4, 0.5) is 0 Å². The number of hydrogen-bond acceptors (Lipinski definition) is 5. The molecule has 0 atom stereocenters. The molecule has 4 nitrogen and oxygen atoms in total. The Labute approximate surface area is 161 Å². The number of aryl methyl sites for hydroxylation is 2. The van der Waals surface area contributed by atoms with Crippen molar-refractivity contribution in [2.75, 3.05) is 0 Å². The van der Waals surface area contributed by atoms with Crippen LogP contribution < -0.4 is 9.84 Å².